The molecule has 138 valence electrons. The van der Waals surface area contributed by atoms with Crippen molar-refractivity contribution in [3.05, 3.63) is 42.4 Å². The van der Waals surface area contributed by atoms with E-state index in [4.69, 9.17) is 0 Å². The van der Waals surface area contributed by atoms with Gasteiger partial charge in [0, 0.05) is 44.3 Å². The van der Waals surface area contributed by atoms with Crippen LogP contribution in [0.3, 0.4) is 0 Å². The van der Waals surface area contributed by atoms with Crippen molar-refractivity contribution in [2.24, 2.45) is 11.8 Å². The van der Waals surface area contributed by atoms with Gasteiger partial charge in [-0.05, 0) is 62.6 Å². The van der Waals surface area contributed by atoms with Gasteiger partial charge in [0.25, 0.3) is 5.91 Å². The molecule has 0 spiro atoms. The molecule has 1 amide bonds. The van der Waals surface area contributed by atoms with Crippen molar-refractivity contribution in [2.45, 2.75) is 45.2 Å². The van der Waals surface area contributed by atoms with Crippen LogP contribution in [0.2, 0.25) is 0 Å². The fourth-order valence-corrected chi connectivity index (χ4v) is 3.73. The van der Waals surface area contributed by atoms with Crippen LogP contribution in [-0.2, 0) is 6.54 Å². The number of aromatic nitrogens is 3. The molecule has 3 heterocycles. The molecule has 26 heavy (non-hydrogen) atoms. The minimum absolute atomic E-state index is 0.0943. The molecule has 1 aliphatic carbocycles. The number of nitrogens with zero attached hydrogens (tertiary/aromatic N) is 4. The topological polar surface area (TPSA) is 63.1 Å². The first-order valence-corrected chi connectivity index (χ1v) is 9.68. The van der Waals surface area contributed by atoms with Crippen molar-refractivity contribution < 1.29 is 4.79 Å². The third-order valence-corrected chi connectivity index (χ3v) is 5.62. The van der Waals surface area contributed by atoms with Crippen molar-refractivity contribution >= 4 is 11.7 Å². The van der Waals surface area contributed by atoms with Crippen LogP contribution in [0, 0.1) is 11.8 Å². The average molecular weight is 353 g/mol. The summed E-state index contributed by atoms with van der Waals surface area (Å²) in [7, 11) is 0. The van der Waals surface area contributed by atoms with Crippen LogP contribution in [0.4, 0.5) is 5.82 Å². The molecule has 1 N–H and O–H groups in total. The van der Waals surface area contributed by atoms with Gasteiger partial charge in [-0.3, -0.25) is 9.48 Å². The van der Waals surface area contributed by atoms with Gasteiger partial charge in [0.05, 0.1) is 5.56 Å². The van der Waals surface area contributed by atoms with E-state index in [2.05, 4.69) is 22.3 Å². The first kappa shape index (κ1) is 17.1. The first-order valence-electron chi connectivity index (χ1n) is 9.68. The highest BCUT2D eigenvalue weighted by atomic mass is 16.2. The standard InChI is InChI=1S/C20H27N5O/c1-15(17-3-4-17)23-19-6-5-18(13-21-19)20(26)24-11-7-16(8-12-24)14-25-10-2-9-22-25/h2,5-6,9-10,13,15-17H,3-4,7-8,11-12,14H2,1H3,(H,21,23)/t15-/m0/s1. The fraction of sp³-hybridized carbons (Fsp3) is 0.550. The number of anilines is 1. The van der Waals surface area contributed by atoms with E-state index in [0.29, 0.717) is 17.5 Å². The van der Waals surface area contributed by atoms with Crippen LogP contribution in [0.25, 0.3) is 0 Å². The van der Waals surface area contributed by atoms with E-state index in [1.54, 1.807) is 6.20 Å². The summed E-state index contributed by atoms with van der Waals surface area (Å²) in [6, 6.07) is 6.23. The highest BCUT2D eigenvalue weighted by molar-refractivity contribution is 5.94. The second-order valence-electron chi connectivity index (χ2n) is 7.67. The highest BCUT2D eigenvalue weighted by Gasteiger charge is 2.28. The van der Waals surface area contributed by atoms with Crippen LogP contribution in [-0.4, -0.2) is 44.7 Å². The van der Waals surface area contributed by atoms with Crippen molar-refractivity contribution in [1.29, 1.82) is 0 Å². The smallest absolute Gasteiger partial charge is 0.255 e. The number of nitrogens with one attached hydrogen (secondary N) is 1. The summed E-state index contributed by atoms with van der Waals surface area (Å²) in [6.07, 6.45) is 10.2. The quantitative estimate of drug-likeness (QED) is 0.867. The molecule has 2 aliphatic rings. The van der Waals surface area contributed by atoms with E-state index >= 15 is 0 Å². The molecule has 1 saturated heterocycles. The average Bonchev–Trinajstić information content (AvgIpc) is 3.40. The Labute approximate surface area is 154 Å². The lowest BCUT2D eigenvalue weighted by Gasteiger charge is -2.32. The summed E-state index contributed by atoms with van der Waals surface area (Å²) in [5, 5.41) is 7.71. The second-order valence-corrected chi connectivity index (χ2v) is 7.67. The summed E-state index contributed by atoms with van der Waals surface area (Å²) >= 11 is 0. The van der Waals surface area contributed by atoms with Gasteiger partial charge in [-0.15, -0.1) is 0 Å². The maximum Gasteiger partial charge on any atom is 0.255 e. The molecule has 4 rings (SSSR count). The lowest BCUT2D eigenvalue weighted by molar-refractivity contribution is 0.0681. The zero-order chi connectivity index (χ0) is 17.9. The van der Waals surface area contributed by atoms with E-state index < -0.39 is 0 Å². The van der Waals surface area contributed by atoms with Crippen molar-refractivity contribution in [2.75, 3.05) is 18.4 Å². The van der Waals surface area contributed by atoms with Gasteiger partial charge in [-0.25, -0.2) is 4.98 Å². The summed E-state index contributed by atoms with van der Waals surface area (Å²) in [5.74, 6) is 2.32. The lowest BCUT2D eigenvalue weighted by atomic mass is 9.96. The Morgan fingerprint density at radius 2 is 2.08 bits per heavy atom. The van der Waals surface area contributed by atoms with Gasteiger partial charge < -0.3 is 10.2 Å². The Morgan fingerprint density at radius 1 is 1.27 bits per heavy atom. The molecular formula is C20H27N5O. The second kappa shape index (κ2) is 7.48. The van der Waals surface area contributed by atoms with Gasteiger partial charge in [0.15, 0.2) is 0 Å². The molecule has 1 saturated carbocycles. The Kier molecular flexibility index (Phi) is 4.91. The Balaban J connectivity index is 1.29. The van der Waals surface area contributed by atoms with Crippen LogP contribution >= 0.6 is 0 Å². The fourth-order valence-electron chi connectivity index (χ4n) is 3.73. The highest BCUT2D eigenvalue weighted by Crippen LogP contribution is 2.33. The maximum atomic E-state index is 12.7. The molecule has 0 unspecified atom stereocenters. The SMILES string of the molecule is C[C@H](Nc1ccc(C(=O)N2CCC(Cn3cccn3)CC2)cn1)C1CC1. The van der Waals surface area contributed by atoms with Crippen molar-refractivity contribution in [1.82, 2.24) is 19.7 Å². The minimum atomic E-state index is 0.0943. The van der Waals surface area contributed by atoms with Gasteiger partial charge >= 0.3 is 0 Å². The number of hydrogen-bond acceptors (Lipinski definition) is 4. The van der Waals surface area contributed by atoms with Crippen LogP contribution < -0.4 is 5.32 Å². The summed E-state index contributed by atoms with van der Waals surface area (Å²) < 4.78 is 1.99. The number of carbonyl (C=O) groups is 1. The molecule has 1 aliphatic heterocycles. The Hall–Kier alpha value is -2.37. The Morgan fingerprint density at radius 3 is 2.69 bits per heavy atom. The zero-order valence-corrected chi connectivity index (χ0v) is 15.3. The van der Waals surface area contributed by atoms with Gasteiger partial charge in [0.2, 0.25) is 0 Å². The molecule has 6 heteroatoms. The first-order chi connectivity index (χ1) is 12.7. The number of rotatable bonds is 6. The molecule has 1 atom stereocenters. The van der Waals surface area contributed by atoms with E-state index in [1.165, 1.54) is 12.8 Å². The van der Waals surface area contributed by atoms with Crippen molar-refractivity contribution in [3.8, 4) is 0 Å². The summed E-state index contributed by atoms with van der Waals surface area (Å²) in [5.41, 5.74) is 0.681. The predicted molar refractivity (Wildman–Crippen MR) is 101 cm³/mol. The largest absolute Gasteiger partial charge is 0.367 e. The van der Waals surface area contributed by atoms with Gasteiger partial charge in [0.1, 0.15) is 5.82 Å². The zero-order valence-electron chi connectivity index (χ0n) is 15.3. The number of piperidine rings is 1. The molecule has 2 fully saturated rings. The summed E-state index contributed by atoms with van der Waals surface area (Å²) in [6.45, 7) is 4.76. The maximum absolute atomic E-state index is 12.7. The normalized spacial score (nSPS) is 19.3. The van der Waals surface area contributed by atoms with Crippen LogP contribution in [0.1, 0.15) is 43.0 Å². The van der Waals surface area contributed by atoms with E-state index in [1.807, 2.05) is 40.2 Å². The van der Waals surface area contributed by atoms with Gasteiger partial charge in [-0.1, -0.05) is 0 Å². The monoisotopic (exact) mass is 353 g/mol. The number of carbonyl (C=O) groups excluding carboxylic acids is 1. The van der Waals surface area contributed by atoms with E-state index in [0.717, 1.165) is 44.2 Å². The van der Waals surface area contributed by atoms with E-state index in [-0.39, 0.29) is 5.91 Å². The van der Waals surface area contributed by atoms with E-state index in [9.17, 15) is 4.79 Å². The Bertz CT molecular complexity index is 715. The number of hydrogen-bond donors (Lipinski definition) is 1. The number of amides is 1. The molecule has 0 radical (unpaired) electrons. The van der Waals surface area contributed by atoms with Gasteiger partial charge in [-0.2, -0.15) is 5.10 Å². The molecule has 6 nitrogen and oxygen atoms in total. The van der Waals surface area contributed by atoms with Crippen molar-refractivity contribution in [3.63, 3.8) is 0 Å². The minimum Gasteiger partial charge on any atom is -0.367 e. The van der Waals surface area contributed by atoms with Crippen LogP contribution in [0.15, 0.2) is 36.8 Å². The predicted octanol–water partition coefficient (Wildman–Crippen LogP) is 3.04. The third kappa shape index (κ3) is 4.06. The van der Waals surface area contributed by atoms with Crippen LogP contribution in [0.5, 0.6) is 0 Å². The molecule has 0 aromatic carbocycles. The lowest BCUT2D eigenvalue weighted by Crippen LogP contribution is -2.39. The third-order valence-electron chi connectivity index (χ3n) is 5.62. The molecule has 0 bridgehead atoms. The number of likely N-dealkylation sites (tertiary alicyclic amines) is 1. The molecular weight excluding hydrogens is 326 g/mol. The summed E-state index contributed by atoms with van der Waals surface area (Å²) in [4.78, 5) is 19.1. The molecule has 2 aromatic rings. The number of pyridine rings is 1. The molecule has 2 aromatic heterocycles.